The Hall–Kier alpha value is -1.12. The smallest absolute Gasteiger partial charge is 0.238 e. The van der Waals surface area contributed by atoms with Crippen molar-refractivity contribution in [1.82, 2.24) is 0 Å². The number of rotatable bonds is 2. The molecule has 0 aromatic carbocycles. The van der Waals surface area contributed by atoms with Gasteiger partial charge in [-0.15, -0.1) is 0 Å². The molecule has 2 unspecified atom stereocenters. The van der Waals surface area contributed by atoms with Gasteiger partial charge in [-0.1, -0.05) is 0 Å². The van der Waals surface area contributed by atoms with E-state index in [9.17, 15) is 4.79 Å². The van der Waals surface area contributed by atoms with Crippen molar-refractivity contribution in [3.05, 3.63) is 0 Å². The van der Waals surface area contributed by atoms with Gasteiger partial charge in [0.1, 0.15) is 6.04 Å². The first-order valence-corrected chi connectivity index (χ1v) is 2.22. The van der Waals surface area contributed by atoms with E-state index in [4.69, 9.17) is 16.1 Å². The molecule has 1 amide bonds. The molecule has 0 aliphatic carbocycles. The number of aliphatic hydroxyl groups is 1. The van der Waals surface area contributed by atoms with Crippen LogP contribution in [0.3, 0.4) is 0 Å². The molecule has 0 fully saturated rings. The number of nitrogens with zero attached hydrogens (tertiary/aromatic N) is 1. The number of hydrogen-bond donors (Lipinski definition) is 3. The van der Waals surface area contributed by atoms with Gasteiger partial charge >= 0.3 is 0 Å². The third-order valence-electron chi connectivity index (χ3n) is 0.801. The largest absolute Gasteiger partial charge is 0.376 e. The topological polar surface area (TPSA) is 113 Å². The molecule has 0 radical (unpaired) electrons. The van der Waals surface area contributed by atoms with Crippen molar-refractivity contribution >= 4 is 5.91 Å². The first kappa shape index (κ1) is 7.88. The summed E-state index contributed by atoms with van der Waals surface area (Å²) < 4.78 is 0. The summed E-state index contributed by atoms with van der Waals surface area (Å²) in [5.41, 5.74) is 9.56. The first-order chi connectivity index (χ1) is 4.09. The fourth-order valence-electron chi connectivity index (χ4n) is 0.236. The van der Waals surface area contributed by atoms with E-state index in [0.717, 1.165) is 0 Å². The number of hydrogen-bond acceptors (Lipinski definition) is 4. The van der Waals surface area contributed by atoms with Crippen LogP contribution in [0.2, 0.25) is 0 Å². The quantitative estimate of drug-likeness (QED) is 0.363. The Morgan fingerprint density at radius 2 is 2.22 bits per heavy atom. The van der Waals surface area contributed by atoms with E-state index in [1.54, 1.807) is 0 Å². The Kier molecular flexibility index (Phi) is 2.64. The Morgan fingerprint density at radius 3 is 2.33 bits per heavy atom. The number of aliphatic hydroxyl groups excluding tert-OH is 1. The molecule has 0 saturated carbocycles. The van der Waals surface area contributed by atoms with Gasteiger partial charge in [-0.25, -0.2) is 0 Å². The molecule has 5 heteroatoms. The van der Waals surface area contributed by atoms with Gasteiger partial charge in [0.05, 0.1) is 6.07 Å². The zero-order chi connectivity index (χ0) is 7.44. The van der Waals surface area contributed by atoms with Crippen LogP contribution in [0.1, 0.15) is 0 Å². The van der Waals surface area contributed by atoms with Crippen molar-refractivity contribution in [3.8, 4) is 6.07 Å². The fraction of sp³-hybridized carbons (Fsp3) is 0.500. The van der Waals surface area contributed by atoms with Crippen LogP contribution in [0.25, 0.3) is 0 Å². The van der Waals surface area contributed by atoms with E-state index in [2.05, 4.69) is 5.73 Å². The van der Waals surface area contributed by atoms with Crippen LogP contribution < -0.4 is 11.5 Å². The van der Waals surface area contributed by atoms with Gasteiger partial charge in [-0.05, 0) is 0 Å². The van der Waals surface area contributed by atoms with Crippen LogP contribution in [0.5, 0.6) is 0 Å². The third-order valence-corrected chi connectivity index (χ3v) is 0.801. The molecular weight excluding hydrogens is 122 g/mol. The molecule has 0 aromatic heterocycles. The van der Waals surface area contributed by atoms with Crippen LogP contribution in [-0.2, 0) is 4.79 Å². The summed E-state index contributed by atoms with van der Waals surface area (Å²) in [4.78, 5) is 10.1. The second-order valence-corrected chi connectivity index (χ2v) is 1.50. The minimum Gasteiger partial charge on any atom is -0.376 e. The zero-order valence-electron chi connectivity index (χ0n) is 4.61. The maximum Gasteiger partial charge on any atom is 0.238 e. The van der Waals surface area contributed by atoms with Gasteiger partial charge in [-0.2, -0.15) is 5.26 Å². The molecular formula is C4H7N3O2. The fourth-order valence-corrected chi connectivity index (χ4v) is 0.236. The number of carbonyl (C=O) groups is 1. The molecule has 0 saturated heterocycles. The van der Waals surface area contributed by atoms with Crippen LogP contribution >= 0.6 is 0 Å². The van der Waals surface area contributed by atoms with E-state index in [0.29, 0.717) is 0 Å². The van der Waals surface area contributed by atoms with E-state index in [1.165, 1.54) is 6.07 Å². The van der Waals surface area contributed by atoms with Crippen LogP contribution in [0, 0.1) is 11.3 Å². The highest BCUT2D eigenvalue weighted by Gasteiger charge is 2.18. The average Bonchev–Trinajstić information content (AvgIpc) is 1.84. The van der Waals surface area contributed by atoms with Crippen molar-refractivity contribution in [2.45, 2.75) is 12.1 Å². The molecule has 0 aliphatic heterocycles. The maximum absolute atomic E-state index is 10.1. The molecule has 0 bridgehead atoms. The summed E-state index contributed by atoms with van der Waals surface area (Å²) in [6.07, 6.45) is -1.50. The molecule has 5 nitrogen and oxygen atoms in total. The zero-order valence-corrected chi connectivity index (χ0v) is 4.61. The average molecular weight is 129 g/mol. The molecule has 9 heavy (non-hydrogen) atoms. The Morgan fingerprint density at radius 1 is 1.78 bits per heavy atom. The van der Waals surface area contributed by atoms with Crippen LogP contribution in [-0.4, -0.2) is 23.2 Å². The van der Waals surface area contributed by atoms with Crippen molar-refractivity contribution in [1.29, 1.82) is 5.26 Å². The number of primary amides is 1. The second kappa shape index (κ2) is 3.02. The molecule has 2 atom stereocenters. The number of amides is 1. The summed E-state index contributed by atoms with van der Waals surface area (Å²) in [5.74, 6) is -0.885. The summed E-state index contributed by atoms with van der Waals surface area (Å²) >= 11 is 0. The van der Waals surface area contributed by atoms with Crippen molar-refractivity contribution in [2.75, 3.05) is 0 Å². The van der Waals surface area contributed by atoms with Gasteiger partial charge in [0, 0.05) is 0 Å². The molecule has 0 aliphatic rings. The molecule has 0 rings (SSSR count). The van der Waals surface area contributed by atoms with E-state index in [-0.39, 0.29) is 0 Å². The summed E-state index contributed by atoms with van der Waals surface area (Å²) in [5, 5.41) is 16.5. The summed E-state index contributed by atoms with van der Waals surface area (Å²) in [6.45, 7) is 0. The highest BCUT2D eigenvalue weighted by Crippen LogP contribution is 1.84. The Bertz CT molecular complexity index is 150. The molecule has 50 valence electrons. The minimum absolute atomic E-state index is 0.885. The van der Waals surface area contributed by atoms with Crippen LogP contribution in [0.15, 0.2) is 0 Å². The van der Waals surface area contributed by atoms with Crippen molar-refractivity contribution < 1.29 is 9.90 Å². The van der Waals surface area contributed by atoms with Crippen molar-refractivity contribution in [2.24, 2.45) is 11.5 Å². The first-order valence-electron chi connectivity index (χ1n) is 2.22. The van der Waals surface area contributed by atoms with Gasteiger partial charge < -0.3 is 16.6 Å². The Labute approximate surface area is 51.9 Å². The monoisotopic (exact) mass is 129 g/mol. The SMILES string of the molecule is N#CC(O)C(N)C(N)=O. The highest BCUT2D eigenvalue weighted by atomic mass is 16.3. The molecule has 0 aromatic rings. The molecule has 0 spiro atoms. The molecule has 0 heterocycles. The van der Waals surface area contributed by atoms with E-state index >= 15 is 0 Å². The lowest BCUT2D eigenvalue weighted by molar-refractivity contribution is -0.120. The molecule has 5 N–H and O–H groups in total. The van der Waals surface area contributed by atoms with Crippen molar-refractivity contribution in [3.63, 3.8) is 0 Å². The number of carbonyl (C=O) groups excluding carboxylic acids is 1. The maximum atomic E-state index is 10.1. The van der Waals surface area contributed by atoms with Gasteiger partial charge in [0.15, 0.2) is 6.10 Å². The van der Waals surface area contributed by atoms with E-state index in [1.807, 2.05) is 0 Å². The lowest BCUT2D eigenvalue weighted by Crippen LogP contribution is -2.45. The van der Waals surface area contributed by atoms with E-state index < -0.39 is 18.1 Å². The predicted octanol–water partition coefficient (Wildman–Crippen LogP) is -2.32. The number of nitrogens with two attached hydrogens (primary N) is 2. The lowest BCUT2D eigenvalue weighted by Gasteiger charge is -2.05. The van der Waals surface area contributed by atoms with Crippen LogP contribution in [0.4, 0.5) is 0 Å². The second-order valence-electron chi connectivity index (χ2n) is 1.50. The number of nitriles is 1. The minimum atomic E-state index is -1.50. The predicted molar refractivity (Wildman–Crippen MR) is 28.8 cm³/mol. The summed E-state index contributed by atoms with van der Waals surface area (Å²) in [6, 6.07) is 0.0933. The standard InChI is InChI=1S/C4H7N3O2/c5-1-2(8)3(6)4(7)9/h2-3,8H,6H2,(H2,7,9). The van der Waals surface area contributed by atoms with Gasteiger partial charge in [-0.3, -0.25) is 4.79 Å². The summed E-state index contributed by atoms with van der Waals surface area (Å²) in [7, 11) is 0. The van der Waals surface area contributed by atoms with Gasteiger partial charge in [0.2, 0.25) is 5.91 Å². The Balaban J connectivity index is 3.91. The lowest BCUT2D eigenvalue weighted by atomic mass is 10.2. The normalized spacial score (nSPS) is 15.7. The third kappa shape index (κ3) is 2.08. The highest BCUT2D eigenvalue weighted by molar-refractivity contribution is 5.80. The van der Waals surface area contributed by atoms with Gasteiger partial charge in [0.25, 0.3) is 0 Å².